The number of rotatable bonds is 4. The van der Waals surface area contributed by atoms with Crippen molar-refractivity contribution in [1.82, 2.24) is 19.6 Å². The van der Waals surface area contributed by atoms with Crippen molar-refractivity contribution in [2.24, 2.45) is 0 Å². The molecule has 0 fully saturated rings. The Morgan fingerprint density at radius 2 is 1.83 bits per heavy atom. The molecular formula is C18H14BN5. The van der Waals surface area contributed by atoms with E-state index in [1.54, 1.807) is 23.1 Å². The lowest BCUT2D eigenvalue weighted by Gasteiger charge is -2.11. The summed E-state index contributed by atoms with van der Waals surface area (Å²) in [5.41, 5.74) is 4.23. The van der Waals surface area contributed by atoms with Crippen LogP contribution in [0.4, 0.5) is 5.82 Å². The smallest absolute Gasteiger partial charge is 0.150 e. The summed E-state index contributed by atoms with van der Waals surface area (Å²) in [5, 5.41) is 7.72. The maximum atomic E-state index is 6.02. The maximum Gasteiger partial charge on any atom is 0.150 e. The molecule has 0 atom stereocenters. The van der Waals surface area contributed by atoms with Gasteiger partial charge in [-0.3, -0.25) is 4.98 Å². The van der Waals surface area contributed by atoms with E-state index in [-0.39, 0.29) is 0 Å². The van der Waals surface area contributed by atoms with Crippen LogP contribution in [0.5, 0.6) is 0 Å². The van der Waals surface area contributed by atoms with Gasteiger partial charge in [-0.05, 0) is 23.2 Å². The molecule has 3 aromatic heterocycles. The molecule has 1 N–H and O–H groups in total. The lowest BCUT2D eigenvalue weighted by Crippen LogP contribution is -2.09. The molecule has 24 heavy (non-hydrogen) atoms. The summed E-state index contributed by atoms with van der Waals surface area (Å²) in [6.45, 7) is 0.662. The zero-order valence-electron chi connectivity index (χ0n) is 12.9. The van der Waals surface area contributed by atoms with Crippen LogP contribution >= 0.6 is 0 Å². The Morgan fingerprint density at radius 3 is 2.62 bits per heavy atom. The third kappa shape index (κ3) is 2.74. The third-order valence-corrected chi connectivity index (χ3v) is 3.79. The van der Waals surface area contributed by atoms with Crippen molar-refractivity contribution in [3.05, 3.63) is 72.7 Å². The fraction of sp³-hybridized carbons (Fsp3) is 0.0556. The molecule has 4 rings (SSSR count). The topological polar surface area (TPSA) is 55.1 Å². The molecule has 3 heterocycles. The molecule has 0 unspecified atom stereocenters. The first-order valence-corrected chi connectivity index (χ1v) is 7.64. The van der Waals surface area contributed by atoms with E-state index in [0.717, 1.165) is 22.6 Å². The summed E-state index contributed by atoms with van der Waals surface area (Å²) in [5.74, 6) is 0.840. The first-order chi connectivity index (χ1) is 11.8. The normalized spacial score (nSPS) is 10.8. The van der Waals surface area contributed by atoms with Crippen LogP contribution in [0.25, 0.3) is 16.9 Å². The van der Waals surface area contributed by atoms with Crippen molar-refractivity contribution in [3.8, 4) is 11.3 Å². The first-order valence-electron chi connectivity index (χ1n) is 7.64. The molecule has 114 valence electrons. The predicted molar refractivity (Wildman–Crippen MR) is 95.4 cm³/mol. The van der Waals surface area contributed by atoms with Crippen LogP contribution in [0, 0.1) is 0 Å². The molecule has 0 aliphatic rings. The SMILES string of the molecule is [B]c1cnn2c(NCc3ccncc3)cc(-c3ccccc3)nc12. The van der Waals surface area contributed by atoms with Gasteiger partial charge >= 0.3 is 0 Å². The first kappa shape index (κ1) is 14.4. The Labute approximate surface area is 140 Å². The fourth-order valence-electron chi connectivity index (χ4n) is 2.56. The second-order valence-corrected chi connectivity index (χ2v) is 5.44. The van der Waals surface area contributed by atoms with Crippen LogP contribution < -0.4 is 10.8 Å². The predicted octanol–water partition coefficient (Wildman–Crippen LogP) is 2.20. The van der Waals surface area contributed by atoms with Crippen molar-refractivity contribution < 1.29 is 0 Å². The van der Waals surface area contributed by atoms with E-state index in [1.807, 2.05) is 48.5 Å². The van der Waals surface area contributed by atoms with Gasteiger partial charge in [0.05, 0.1) is 5.69 Å². The summed E-state index contributed by atoms with van der Waals surface area (Å²) in [6, 6.07) is 15.9. The molecule has 0 aliphatic heterocycles. The van der Waals surface area contributed by atoms with Gasteiger partial charge in [0.2, 0.25) is 0 Å². The number of hydrogen-bond donors (Lipinski definition) is 1. The van der Waals surface area contributed by atoms with Gasteiger partial charge in [-0.1, -0.05) is 30.3 Å². The van der Waals surface area contributed by atoms with E-state index in [2.05, 4.69) is 20.4 Å². The quantitative estimate of drug-likeness (QED) is 0.587. The zero-order chi connectivity index (χ0) is 16.4. The van der Waals surface area contributed by atoms with E-state index >= 15 is 0 Å². The van der Waals surface area contributed by atoms with Crippen LogP contribution in [-0.2, 0) is 6.54 Å². The number of anilines is 1. The van der Waals surface area contributed by atoms with Crippen molar-refractivity contribution in [2.45, 2.75) is 6.54 Å². The minimum atomic E-state index is 0.555. The Balaban J connectivity index is 1.76. The number of fused-ring (bicyclic) bond motifs is 1. The van der Waals surface area contributed by atoms with Gasteiger partial charge < -0.3 is 5.32 Å². The van der Waals surface area contributed by atoms with Gasteiger partial charge in [0.15, 0.2) is 5.65 Å². The molecule has 0 saturated carbocycles. The molecule has 0 amide bonds. The second kappa shape index (κ2) is 6.16. The van der Waals surface area contributed by atoms with Crippen LogP contribution in [0.2, 0.25) is 0 Å². The molecule has 5 nitrogen and oxygen atoms in total. The summed E-state index contributed by atoms with van der Waals surface area (Å²) >= 11 is 0. The molecule has 0 spiro atoms. The molecule has 6 heteroatoms. The average Bonchev–Trinajstić information content (AvgIpc) is 3.02. The van der Waals surface area contributed by atoms with Crippen molar-refractivity contribution in [3.63, 3.8) is 0 Å². The molecule has 2 radical (unpaired) electrons. The maximum absolute atomic E-state index is 6.02. The highest BCUT2D eigenvalue weighted by Crippen LogP contribution is 2.21. The van der Waals surface area contributed by atoms with Gasteiger partial charge in [0.1, 0.15) is 13.7 Å². The number of nitrogens with zero attached hydrogens (tertiary/aromatic N) is 4. The Kier molecular flexibility index (Phi) is 3.71. The van der Waals surface area contributed by atoms with Crippen molar-refractivity contribution >= 4 is 24.8 Å². The van der Waals surface area contributed by atoms with E-state index in [0.29, 0.717) is 17.7 Å². The summed E-state index contributed by atoms with van der Waals surface area (Å²) in [7, 11) is 6.02. The van der Waals surface area contributed by atoms with Crippen LogP contribution in [0.3, 0.4) is 0 Å². The number of aromatic nitrogens is 4. The van der Waals surface area contributed by atoms with Crippen LogP contribution in [0.1, 0.15) is 5.56 Å². The highest BCUT2D eigenvalue weighted by molar-refractivity contribution is 6.36. The van der Waals surface area contributed by atoms with Gasteiger partial charge in [0.25, 0.3) is 0 Å². The Morgan fingerprint density at radius 1 is 1.04 bits per heavy atom. The number of nitrogens with one attached hydrogen (secondary N) is 1. The van der Waals surface area contributed by atoms with Gasteiger partial charge in [-0.15, -0.1) is 0 Å². The monoisotopic (exact) mass is 311 g/mol. The molecule has 0 saturated heterocycles. The van der Waals surface area contributed by atoms with Gasteiger partial charge in [-0.2, -0.15) is 9.61 Å². The summed E-state index contributed by atoms with van der Waals surface area (Å²) in [4.78, 5) is 8.68. The van der Waals surface area contributed by atoms with Crippen molar-refractivity contribution in [2.75, 3.05) is 5.32 Å². The van der Waals surface area contributed by atoms with E-state index in [4.69, 9.17) is 7.85 Å². The number of hydrogen-bond acceptors (Lipinski definition) is 4. The molecule has 1 aromatic carbocycles. The number of benzene rings is 1. The van der Waals surface area contributed by atoms with E-state index in [1.165, 1.54) is 0 Å². The third-order valence-electron chi connectivity index (χ3n) is 3.79. The summed E-state index contributed by atoms with van der Waals surface area (Å²) in [6.07, 6.45) is 5.18. The van der Waals surface area contributed by atoms with Gasteiger partial charge in [-0.25, -0.2) is 4.98 Å². The lowest BCUT2D eigenvalue weighted by molar-refractivity contribution is 0.926. The average molecular weight is 311 g/mol. The minimum absolute atomic E-state index is 0.555. The van der Waals surface area contributed by atoms with Crippen molar-refractivity contribution in [1.29, 1.82) is 0 Å². The van der Waals surface area contributed by atoms with Crippen LogP contribution in [0.15, 0.2) is 67.1 Å². The lowest BCUT2D eigenvalue weighted by atomic mass is 10.0. The standard InChI is InChI=1S/C18H14BN5/c19-15-12-22-24-17(21-11-13-6-8-20-9-7-13)10-16(23-18(15)24)14-4-2-1-3-5-14/h1-10,12,21H,11H2. The van der Waals surface area contributed by atoms with Crippen LogP contribution in [-0.4, -0.2) is 27.4 Å². The molecule has 0 aliphatic carbocycles. The summed E-state index contributed by atoms with van der Waals surface area (Å²) < 4.78 is 1.73. The zero-order valence-corrected chi connectivity index (χ0v) is 12.9. The Hall–Kier alpha value is -3.15. The molecule has 4 aromatic rings. The van der Waals surface area contributed by atoms with E-state index in [9.17, 15) is 0 Å². The fourth-order valence-corrected chi connectivity index (χ4v) is 2.56. The van der Waals surface area contributed by atoms with E-state index < -0.39 is 0 Å². The number of pyridine rings is 1. The highest BCUT2D eigenvalue weighted by atomic mass is 15.3. The van der Waals surface area contributed by atoms with Gasteiger partial charge in [0, 0.05) is 36.8 Å². The minimum Gasteiger partial charge on any atom is -0.366 e. The highest BCUT2D eigenvalue weighted by Gasteiger charge is 2.10. The second-order valence-electron chi connectivity index (χ2n) is 5.44. The Bertz CT molecular complexity index is 967. The largest absolute Gasteiger partial charge is 0.366 e. The molecular weight excluding hydrogens is 297 g/mol. The molecule has 0 bridgehead atoms.